The fourth-order valence-electron chi connectivity index (χ4n) is 3.01. The average molecular weight is 305 g/mol. The normalized spacial score (nSPS) is 21.8. The van der Waals surface area contributed by atoms with Gasteiger partial charge in [-0.2, -0.15) is 0 Å². The summed E-state index contributed by atoms with van der Waals surface area (Å²) in [5, 5.41) is 2.88. The minimum absolute atomic E-state index is 0.329. The Hall–Kier alpha value is -0.130. The molecule has 5 heteroatoms. The van der Waals surface area contributed by atoms with E-state index in [9.17, 15) is 8.42 Å². The molecular weight excluding hydrogens is 272 g/mol. The fourth-order valence-corrected chi connectivity index (χ4v) is 4.54. The Morgan fingerprint density at radius 3 is 2.15 bits per heavy atom. The summed E-state index contributed by atoms with van der Waals surface area (Å²) in [6, 6.07) is 0. The van der Waals surface area contributed by atoms with Crippen molar-refractivity contribution in [2.75, 3.05) is 26.2 Å². The van der Waals surface area contributed by atoms with E-state index in [2.05, 4.69) is 26.1 Å². The number of piperidine rings is 1. The Morgan fingerprint density at radius 1 is 1.15 bits per heavy atom. The number of hydrogen-bond acceptors (Lipinski definition) is 3. The molecule has 1 fully saturated rings. The third-order valence-corrected chi connectivity index (χ3v) is 7.28. The molecule has 0 aromatic carbocycles. The van der Waals surface area contributed by atoms with Gasteiger partial charge in [0.2, 0.25) is 10.0 Å². The largest absolute Gasteiger partial charge is 0.315 e. The molecule has 0 radical (unpaired) electrons. The van der Waals surface area contributed by atoms with Crippen molar-refractivity contribution in [2.24, 2.45) is 5.41 Å². The monoisotopic (exact) mass is 304 g/mol. The highest BCUT2D eigenvalue weighted by atomic mass is 32.2. The molecule has 0 aliphatic carbocycles. The lowest BCUT2D eigenvalue weighted by molar-refractivity contribution is 0.141. The van der Waals surface area contributed by atoms with Crippen LogP contribution >= 0.6 is 0 Å². The van der Waals surface area contributed by atoms with Crippen molar-refractivity contribution in [1.29, 1.82) is 0 Å². The Kier molecular flexibility index (Phi) is 6.95. The van der Waals surface area contributed by atoms with Crippen molar-refractivity contribution in [3.63, 3.8) is 0 Å². The number of sulfonamides is 1. The Balaban J connectivity index is 2.58. The third-order valence-electron chi connectivity index (χ3n) is 5.01. The van der Waals surface area contributed by atoms with Gasteiger partial charge in [-0.15, -0.1) is 0 Å². The zero-order valence-corrected chi connectivity index (χ0v) is 14.4. The highest BCUT2D eigenvalue weighted by molar-refractivity contribution is 7.89. The van der Waals surface area contributed by atoms with Crippen LogP contribution in [-0.4, -0.2) is 44.2 Å². The molecule has 1 saturated heterocycles. The van der Waals surface area contributed by atoms with E-state index in [-0.39, 0.29) is 5.25 Å². The van der Waals surface area contributed by atoms with Crippen molar-refractivity contribution >= 4 is 10.0 Å². The van der Waals surface area contributed by atoms with Crippen LogP contribution in [-0.2, 0) is 10.0 Å². The summed E-state index contributed by atoms with van der Waals surface area (Å²) >= 11 is 0. The second-order valence-electron chi connectivity index (χ2n) is 6.17. The standard InChI is InChI=1S/C15H32N2O2S/c1-5-10-16-13-14(4)20(18,19)17-11-8-15(6-2,7-3)9-12-17/h14,16H,5-13H2,1-4H3. The lowest BCUT2D eigenvalue weighted by Gasteiger charge is -2.41. The summed E-state index contributed by atoms with van der Waals surface area (Å²) in [4.78, 5) is 0. The van der Waals surface area contributed by atoms with Crippen LogP contribution in [0.5, 0.6) is 0 Å². The molecule has 0 amide bonds. The summed E-state index contributed by atoms with van der Waals surface area (Å²) in [7, 11) is -3.14. The third kappa shape index (κ3) is 4.18. The van der Waals surface area contributed by atoms with Gasteiger partial charge in [-0.3, -0.25) is 0 Å². The van der Waals surface area contributed by atoms with Crippen LogP contribution in [0.3, 0.4) is 0 Å². The maximum Gasteiger partial charge on any atom is 0.217 e. The van der Waals surface area contributed by atoms with E-state index in [4.69, 9.17) is 0 Å². The topological polar surface area (TPSA) is 49.4 Å². The maximum atomic E-state index is 12.6. The lowest BCUT2D eigenvalue weighted by Crippen LogP contribution is -2.47. The van der Waals surface area contributed by atoms with Gasteiger partial charge in [-0.1, -0.05) is 33.6 Å². The van der Waals surface area contributed by atoms with Crippen molar-refractivity contribution in [2.45, 2.75) is 65.0 Å². The molecule has 1 N–H and O–H groups in total. The lowest BCUT2D eigenvalue weighted by atomic mass is 9.75. The molecule has 1 aliphatic rings. The van der Waals surface area contributed by atoms with Crippen LogP contribution in [0.15, 0.2) is 0 Å². The summed E-state index contributed by atoms with van der Waals surface area (Å²) in [5.74, 6) is 0. The number of nitrogens with one attached hydrogen (secondary N) is 1. The summed E-state index contributed by atoms with van der Waals surface area (Å²) in [5.41, 5.74) is 0.371. The predicted octanol–water partition coefficient (Wildman–Crippen LogP) is 2.61. The second kappa shape index (κ2) is 7.76. The minimum Gasteiger partial charge on any atom is -0.315 e. The quantitative estimate of drug-likeness (QED) is 0.701. The van der Waals surface area contributed by atoms with Gasteiger partial charge in [0.25, 0.3) is 0 Å². The smallest absolute Gasteiger partial charge is 0.217 e. The minimum atomic E-state index is -3.14. The molecule has 4 nitrogen and oxygen atoms in total. The molecule has 1 heterocycles. The first kappa shape index (κ1) is 17.9. The van der Waals surface area contributed by atoms with Crippen LogP contribution in [0.2, 0.25) is 0 Å². The summed E-state index contributed by atoms with van der Waals surface area (Å²) in [6.45, 7) is 11.2. The zero-order valence-electron chi connectivity index (χ0n) is 13.6. The zero-order chi connectivity index (χ0) is 15.2. The van der Waals surface area contributed by atoms with Crippen LogP contribution in [0, 0.1) is 5.41 Å². The van der Waals surface area contributed by atoms with Gasteiger partial charge in [0, 0.05) is 19.6 Å². The van der Waals surface area contributed by atoms with Crippen molar-refractivity contribution in [3.8, 4) is 0 Å². The number of hydrogen-bond donors (Lipinski definition) is 1. The molecule has 0 spiro atoms. The van der Waals surface area contributed by atoms with E-state index in [0.29, 0.717) is 25.0 Å². The van der Waals surface area contributed by atoms with Gasteiger partial charge < -0.3 is 5.32 Å². The van der Waals surface area contributed by atoms with Crippen molar-refractivity contribution in [1.82, 2.24) is 9.62 Å². The van der Waals surface area contributed by atoms with Gasteiger partial charge >= 0.3 is 0 Å². The second-order valence-corrected chi connectivity index (χ2v) is 8.52. The van der Waals surface area contributed by atoms with Crippen LogP contribution in [0.1, 0.15) is 59.8 Å². The summed E-state index contributed by atoms with van der Waals surface area (Å²) in [6.07, 6.45) is 5.37. The van der Waals surface area contributed by atoms with E-state index < -0.39 is 10.0 Å². The highest BCUT2D eigenvalue weighted by Gasteiger charge is 2.37. The molecule has 0 bridgehead atoms. The van der Waals surface area contributed by atoms with Crippen LogP contribution in [0.25, 0.3) is 0 Å². The van der Waals surface area contributed by atoms with Gasteiger partial charge in [-0.25, -0.2) is 12.7 Å². The van der Waals surface area contributed by atoms with E-state index >= 15 is 0 Å². The SMILES string of the molecule is CCCNCC(C)S(=O)(=O)N1CCC(CC)(CC)CC1. The Morgan fingerprint density at radius 2 is 1.70 bits per heavy atom. The van der Waals surface area contributed by atoms with Gasteiger partial charge in [0.1, 0.15) is 0 Å². The highest BCUT2D eigenvalue weighted by Crippen LogP contribution is 2.38. The first-order valence-corrected chi connectivity index (χ1v) is 9.62. The molecular formula is C15H32N2O2S. The Bertz CT molecular complexity index is 367. The molecule has 0 aromatic rings. The van der Waals surface area contributed by atoms with Gasteiger partial charge in [0.15, 0.2) is 0 Å². The van der Waals surface area contributed by atoms with Gasteiger partial charge in [-0.05, 0) is 38.1 Å². The van der Waals surface area contributed by atoms with Crippen LogP contribution < -0.4 is 5.32 Å². The van der Waals surface area contributed by atoms with Crippen molar-refractivity contribution in [3.05, 3.63) is 0 Å². The van der Waals surface area contributed by atoms with Crippen molar-refractivity contribution < 1.29 is 8.42 Å². The van der Waals surface area contributed by atoms with E-state index in [1.165, 1.54) is 0 Å². The first-order valence-electron chi connectivity index (χ1n) is 8.11. The van der Waals surface area contributed by atoms with E-state index in [1.807, 2.05) is 6.92 Å². The summed E-state index contributed by atoms with van der Waals surface area (Å²) < 4.78 is 26.8. The first-order chi connectivity index (χ1) is 9.41. The van der Waals surface area contributed by atoms with Gasteiger partial charge in [0.05, 0.1) is 5.25 Å². The molecule has 1 unspecified atom stereocenters. The van der Waals surface area contributed by atoms with E-state index in [0.717, 1.165) is 38.6 Å². The molecule has 1 aliphatic heterocycles. The molecule has 0 aromatic heterocycles. The number of rotatable bonds is 8. The molecule has 0 saturated carbocycles. The number of nitrogens with zero attached hydrogens (tertiary/aromatic N) is 1. The molecule has 120 valence electrons. The van der Waals surface area contributed by atoms with E-state index in [1.54, 1.807) is 4.31 Å². The molecule has 1 atom stereocenters. The maximum absolute atomic E-state index is 12.6. The van der Waals surface area contributed by atoms with Crippen LogP contribution in [0.4, 0.5) is 0 Å². The Labute approximate surface area is 125 Å². The molecule has 20 heavy (non-hydrogen) atoms. The fraction of sp³-hybridized carbons (Fsp3) is 1.00. The molecule has 1 rings (SSSR count). The predicted molar refractivity (Wildman–Crippen MR) is 85.4 cm³/mol. The average Bonchev–Trinajstić information content (AvgIpc) is 2.47.